The molecule has 0 amide bonds. The van der Waals surface area contributed by atoms with Gasteiger partial charge in [-0.2, -0.15) is 8.78 Å². The average molecular weight is 669 g/mol. The van der Waals surface area contributed by atoms with Gasteiger partial charge in [-0.15, -0.1) is 0 Å². The minimum absolute atomic E-state index is 0.0471. The lowest BCUT2D eigenvalue weighted by molar-refractivity contribution is 0.294. The second kappa shape index (κ2) is 21.8. The summed E-state index contributed by atoms with van der Waals surface area (Å²) in [4.78, 5) is 0. The fourth-order valence-corrected chi connectivity index (χ4v) is 6.69. The van der Waals surface area contributed by atoms with Crippen molar-refractivity contribution in [3.8, 4) is 35.2 Å². The average Bonchev–Trinajstić information content (AvgIpc) is 3.10. The van der Waals surface area contributed by atoms with Crippen molar-refractivity contribution in [3.05, 3.63) is 58.7 Å². The molecule has 0 aliphatic heterocycles. The van der Waals surface area contributed by atoms with Gasteiger partial charge in [-0.25, -0.2) is 8.78 Å². The third-order valence-electron chi connectivity index (χ3n) is 9.64. The molecule has 0 unspecified atom stereocenters. The van der Waals surface area contributed by atoms with Crippen LogP contribution in [0.4, 0.5) is 17.6 Å². The Morgan fingerprint density at radius 3 is 1.33 bits per heavy atom. The summed E-state index contributed by atoms with van der Waals surface area (Å²) >= 11 is 0. The van der Waals surface area contributed by atoms with E-state index in [-0.39, 0.29) is 22.6 Å². The SMILES string of the molecule is CCCCC1CCC(C#Cc2ccc(OCC)c(F)c2F)CC1.CCCCCCC1CCC(C#Cc2ccc(OCC)c(F)c2F)CC1. The number of benzene rings is 2. The van der Waals surface area contributed by atoms with Crippen molar-refractivity contribution in [2.24, 2.45) is 23.7 Å². The molecule has 0 saturated heterocycles. The molecule has 0 aromatic heterocycles. The Hall–Kier alpha value is -3.12. The minimum atomic E-state index is -0.943. The number of unbranched alkanes of at least 4 members (excludes halogenated alkanes) is 4. The predicted octanol–water partition coefficient (Wildman–Crippen LogP) is 12.2. The predicted molar refractivity (Wildman–Crippen MR) is 188 cm³/mol. The van der Waals surface area contributed by atoms with Crippen molar-refractivity contribution in [1.29, 1.82) is 0 Å². The van der Waals surface area contributed by atoms with Gasteiger partial charge in [-0.05, 0) is 101 Å². The highest BCUT2D eigenvalue weighted by atomic mass is 19.2. The van der Waals surface area contributed by atoms with E-state index < -0.39 is 23.3 Å². The summed E-state index contributed by atoms with van der Waals surface area (Å²) in [5.74, 6) is 10.5. The standard InChI is InChI=1S/C22H30F2O.C20H26F2O/c1-3-5-6-7-8-17-9-11-18(12-10-17)13-14-19-15-16-20(25-4-2)22(24)21(19)23;1-3-5-6-15-7-9-16(10-8-15)11-12-17-13-14-18(23-4-2)20(22)19(17)21/h15-18H,3-12H2,1-2H3;13-16H,3-10H2,1-2H3. The van der Waals surface area contributed by atoms with Crippen LogP contribution in [0, 0.1) is 70.6 Å². The number of ether oxygens (including phenoxy) is 2. The molecule has 2 aromatic carbocycles. The van der Waals surface area contributed by atoms with E-state index in [2.05, 4.69) is 37.5 Å². The van der Waals surface area contributed by atoms with Crippen LogP contribution in [-0.4, -0.2) is 13.2 Å². The molecule has 2 aliphatic carbocycles. The van der Waals surface area contributed by atoms with Gasteiger partial charge in [0, 0.05) is 11.8 Å². The van der Waals surface area contributed by atoms with Gasteiger partial charge in [0.2, 0.25) is 11.6 Å². The molecule has 2 aliphatic rings. The number of halogens is 4. The molecule has 0 atom stereocenters. The van der Waals surface area contributed by atoms with Crippen LogP contribution in [0.3, 0.4) is 0 Å². The second-order valence-corrected chi connectivity index (χ2v) is 13.3. The van der Waals surface area contributed by atoms with E-state index >= 15 is 0 Å². The smallest absolute Gasteiger partial charge is 0.201 e. The first-order chi connectivity index (χ1) is 23.3. The molecule has 2 aromatic rings. The molecule has 2 saturated carbocycles. The number of hydrogen-bond donors (Lipinski definition) is 0. The second-order valence-electron chi connectivity index (χ2n) is 13.3. The van der Waals surface area contributed by atoms with E-state index in [1.54, 1.807) is 13.8 Å². The summed E-state index contributed by atoms with van der Waals surface area (Å²) in [5.41, 5.74) is 0.252. The van der Waals surface area contributed by atoms with Crippen molar-refractivity contribution in [2.45, 2.75) is 130 Å². The van der Waals surface area contributed by atoms with Crippen LogP contribution in [0.2, 0.25) is 0 Å². The monoisotopic (exact) mass is 668 g/mol. The van der Waals surface area contributed by atoms with Gasteiger partial charge in [0.05, 0.1) is 24.3 Å². The maximum absolute atomic E-state index is 14.0. The van der Waals surface area contributed by atoms with Gasteiger partial charge < -0.3 is 9.47 Å². The lowest BCUT2D eigenvalue weighted by atomic mass is 9.80. The van der Waals surface area contributed by atoms with Crippen molar-refractivity contribution in [3.63, 3.8) is 0 Å². The summed E-state index contributed by atoms with van der Waals surface area (Å²) in [7, 11) is 0. The third-order valence-corrected chi connectivity index (χ3v) is 9.64. The van der Waals surface area contributed by atoms with E-state index in [0.29, 0.717) is 25.0 Å². The highest BCUT2D eigenvalue weighted by molar-refractivity contribution is 5.42. The summed E-state index contributed by atoms with van der Waals surface area (Å²) in [6, 6.07) is 5.92. The molecule has 264 valence electrons. The van der Waals surface area contributed by atoms with Gasteiger partial charge in [0.15, 0.2) is 23.1 Å². The first-order valence-electron chi connectivity index (χ1n) is 18.6. The van der Waals surface area contributed by atoms with E-state index in [1.165, 1.54) is 101 Å². The summed E-state index contributed by atoms with van der Waals surface area (Å²) in [5, 5.41) is 0. The highest BCUT2D eigenvalue weighted by Crippen LogP contribution is 2.33. The zero-order valence-electron chi connectivity index (χ0n) is 29.7. The van der Waals surface area contributed by atoms with Gasteiger partial charge in [0.1, 0.15) is 0 Å². The Bertz CT molecular complexity index is 1370. The van der Waals surface area contributed by atoms with Crippen LogP contribution in [0.25, 0.3) is 0 Å². The number of hydrogen-bond acceptors (Lipinski definition) is 2. The zero-order valence-corrected chi connectivity index (χ0v) is 29.7. The largest absolute Gasteiger partial charge is 0.491 e. The molecule has 0 spiro atoms. The summed E-state index contributed by atoms with van der Waals surface area (Å²) in [6.45, 7) is 8.56. The normalized spacial score (nSPS) is 20.3. The topological polar surface area (TPSA) is 18.5 Å². The molecular weight excluding hydrogens is 612 g/mol. The maximum Gasteiger partial charge on any atom is 0.201 e. The van der Waals surface area contributed by atoms with Crippen molar-refractivity contribution in [2.75, 3.05) is 13.2 Å². The van der Waals surface area contributed by atoms with Crippen molar-refractivity contribution >= 4 is 0 Å². The third kappa shape index (κ3) is 12.7. The van der Waals surface area contributed by atoms with Crippen LogP contribution in [0.15, 0.2) is 24.3 Å². The lowest BCUT2D eigenvalue weighted by Crippen LogP contribution is -2.13. The molecule has 0 N–H and O–H groups in total. The Kier molecular flexibility index (Phi) is 17.8. The van der Waals surface area contributed by atoms with E-state index in [1.807, 2.05) is 0 Å². The van der Waals surface area contributed by atoms with Gasteiger partial charge in [0.25, 0.3) is 0 Å². The molecule has 0 bridgehead atoms. The summed E-state index contributed by atoms with van der Waals surface area (Å²) in [6.07, 6.45) is 19.6. The van der Waals surface area contributed by atoms with Crippen LogP contribution in [0.1, 0.15) is 142 Å². The molecule has 6 heteroatoms. The molecule has 0 heterocycles. The van der Waals surface area contributed by atoms with Crippen LogP contribution in [-0.2, 0) is 0 Å². The van der Waals surface area contributed by atoms with Crippen LogP contribution < -0.4 is 9.47 Å². The summed E-state index contributed by atoms with van der Waals surface area (Å²) < 4.78 is 65.8. The fourth-order valence-electron chi connectivity index (χ4n) is 6.69. The van der Waals surface area contributed by atoms with Crippen LogP contribution in [0.5, 0.6) is 11.5 Å². The van der Waals surface area contributed by atoms with Gasteiger partial charge in [-0.1, -0.05) is 88.9 Å². The van der Waals surface area contributed by atoms with Gasteiger partial charge in [-0.3, -0.25) is 0 Å². The maximum atomic E-state index is 14.0. The molecule has 2 fully saturated rings. The quantitative estimate of drug-likeness (QED) is 0.127. The molecule has 0 radical (unpaired) electrons. The highest BCUT2D eigenvalue weighted by Gasteiger charge is 2.21. The first-order valence-corrected chi connectivity index (χ1v) is 18.6. The Balaban J connectivity index is 0.000000261. The first kappa shape index (κ1) is 39.3. The van der Waals surface area contributed by atoms with Crippen molar-refractivity contribution in [1.82, 2.24) is 0 Å². The Morgan fingerprint density at radius 1 is 0.521 bits per heavy atom. The minimum Gasteiger partial charge on any atom is -0.491 e. The van der Waals surface area contributed by atoms with Gasteiger partial charge >= 0.3 is 0 Å². The Morgan fingerprint density at radius 2 is 0.938 bits per heavy atom. The zero-order chi connectivity index (χ0) is 34.7. The van der Waals surface area contributed by atoms with E-state index in [0.717, 1.165) is 37.5 Å². The molecule has 4 rings (SSSR count). The van der Waals surface area contributed by atoms with E-state index in [9.17, 15) is 17.6 Å². The number of rotatable bonds is 12. The fraction of sp³-hybridized carbons (Fsp3) is 0.619. The molecular formula is C42H56F4O2. The van der Waals surface area contributed by atoms with E-state index in [4.69, 9.17) is 9.47 Å². The van der Waals surface area contributed by atoms with Crippen LogP contribution >= 0.6 is 0 Å². The molecule has 48 heavy (non-hydrogen) atoms. The Labute approximate surface area is 287 Å². The lowest BCUT2D eigenvalue weighted by Gasteiger charge is -2.25. The molecule has 2 nitrogen and oxygen atoms in total. The van der Waals surface area contributed by atoms with Crippen molar-refractivity contribution < 1.29 is 27.0 Å².